The zero-order valence-corrected chi connectivity index (χ0v) is 12.9. The van der Waals surface area contributed by atoms with E-state index < -0.39 is 24.0 Å². The van der Waals surface area contributed by atoms with Crippen LogP contribution in [0.4, 0.5) is 4.79 Å². The molecule has 0 aromatic heterocycles. The molecule has 2 amide bonds. The molecule has 1 fully saturated rings. The number of benzene rings is 1. The van der Waals surface area contributed by atoms with Crippen LogP contribution < -0.4 is 10.6 Å². The van der Waals surface area contributed by atoms with E-state index in [1.54, 1.807) is 13.0 Å². The van der Waals surface area contributed by atoms with Crippen LogP contribution in [0.25, 0.3) is 0 Å². The zero-order chi connectivity index (χ0) is 15.6. The maximum Gasteiger partial charge on any atom is 0.319 e. The summed E-state index contributed by atoms with van der Waals surface area (Å²) >= 11 is 3.36. The summed E-state index contributed by atoms with van der Waals surface area (Å²) < 4.78 is 5.70. The molecule has 2 atom stereocenters. The van der Waals surface area contributed by atoms with Crippen LogP contribution in [0.1, 0.15) is 18.5 Å². The Balaban J connectivity index is 2.44. The van der Waals surface area contributed by atoms with Crippen molar-refractivity contribution in [1.82, 2.24) is 10.6 Å². The average Bonchev–Trinajstić information content (AvgIpc) is 2.40. The number of phenolic OH excluding ortho intramolecular Hbond substituents is 1. The van der Waals surface area contributed by atoms with Crippen LogP contribution in [-0.4, -0.2) is 23.7 Å². The van der Waals surface area contributed by atoms with Gasteiger partial charge < -0.3 is 20.5 Å². The first-order chi connectivity index (χ1) is 9.93. The number of carbonyl (C=O) groups excluding carboxylic acids is 2. The van der Waals surface area contributed by atoms with Crippen LogP contribution in [0.5, 0.6) is 5.75 Å². The Morgan fingerprint density at radius 2 is 2.24 bits per heavy atom. The number of hydrogen-bond donors (Lipinski definition) is 3. The number of amides is 2. The summed E-state index contributed by atoms with van der Waals surface area (Å²) in [5, 5.41) is 14.8. The van der Waals surface area contributed by atoms with Crippen molar-refractivity contribution in [2.24, 2.45) is 5.92 Å². The van der Waals surface area contributed by atoms with Crippen molar-refractivity contribution in [3.63, 3.8) is 0 Å². The molecule has 1 aromatic carbocycles. The molecule has 0 spiro atoms. The van der Waals surface area contributed by atoms with Gasteiger partial charge in [0.15, 0.2) is 0 Å². The van der Waals surface area contributed by atoms with Crippen molar-refractivity contribution in [2.75, 3.05) is 6.61 Å². The quantitative estimate of drug-likeness (QED) is 0.726. The lowest BCUT2D eigenvalue weighted by molar-refractivity contribution is -0.147. The Hall–Kier alpha value is -2.02. The third-order valence-corrected chi connectivity index (χ3v) is 3.85. The second-order valence-electron chi connectivity index (χ2n) is 4.54. The molecule has 0 saturated carbocycles. The summed E-state index contributed by atoms with van der Waals surface area (Å²) in [5.74, 6) is -1.23. The molecule has 6 nitrogen and oxygen atoms in total. The van der Waals surface area contributed by atoms with Crippen LogP contribution in [0.15, 0.2) is 34.9 Å². The minimum Gasteiger partial charge on any atom is -0.508 e. The third kappa shape index (κ3) is 3.18. The summed E-state index contributed by atoms with van der Waals surface area (Å²) in [6.07, 6.45) is 0. The Labute approximate surface area is 130 Å². The van der Waals surface area contributed by atoms with Gasteiger partial charge in [-0.15, -0.1) is 0 Å². The van der Waals surface area contributed by atoms with E-state index in [0.717, 1.165) is 0 Å². The van der Waals surface area contributed by atoms with E-state index in [4.69, 9.17) is 4.74 Å². The number of urea groups is 1. The molecule has 1 aliphatic rings. The summed E-state index contributed by atoms with van der Waals surface area (Å²) in [6.45, 7) is 5.66. The first-order valence-electron chi connectivity index (χ1n) is 6.35. The fourth-order valence-corrected chi connectivity index (χ4v) is 2.72. The Morgan fingerprint density at radius 1 is 1.52 bits per heavy atom. The summed E-state index contributed by atoms with van der Waals surface area (Å²) in [7, 11) is 0. The first-order valence-corrected chi connectivity index (χ1v) is 7.14. The zero-order valence-electron chi connectivity index (χ0n) is 11.4. The van der Waals surface area contributed by atoms with Crippen molar-refractivity contribution in [3.8, 4) is 5.75 Å². The first kappa shape index (κ1) is 15.4. The largest absolute Gasteiger partial charge is 0.508 e. The van der Waals surface area contributed by atoms with E-state index in [9.17, 15) is 14.7 Å². The lowest BCUT2D eigenvalue weighted by Gasteiger charge is -2.33. The minimum absolute atomic E-state index is 0.0363. The van der Waals surface area contributed by atoms with Crippen LogP contribution in [-0.2, 0) is 9.53 Å². The van der Waals surface area contributed by atoms with E-state index in [0.29, 0.717) is 10.0 Å². The summed E-state index contributed by atoms with van der Waals surface area (Å²) in [5.41, 5.74) is 0.835. The number of carbonyl (C=O) groups is 2. The molecule has 7 heteroatoms. The lowest BCUT2D eigenvalue weighted by Crippen LogP contribution is -2.51. The van der Waals surface area contributed by atoms with Gasteiger partial charge in [0.05, 0.1) is 12.6 Å². The normalized spacial score (nSPS) is 21.4. The third-order valence-electron chi connectivity index (χ3n) is 3.12. The molecule has 0 bridgehead atoms. The molecule has 1 saturated heterocycles. The minimum atomic E-state index is -0.777. The molecule has 0 radical (unpaired) electrons. The molecular weight excluding hydrogens is 340 g/mol. The Kier molecular flexibility index (Phi) is 4.52. The molecular formula is C14H15BrN2O4. The number of esters is 1. The van der Waals surface area contributed by atoms with Crippen LogP contribution in [0.3, 0.4) is 0 Å². The van der Waals surface area contributed by atoms with Crippen molar-refractivity contribution < 1.29 is 19.4 Å². The number of halogens is 1. The predicted octanol–water partition coefficient (Wildman–Crippen LogP) is 2.20. The van der Waals surface area contributed by atoms with Gasteiger partial charge in [-0.05, 0) is 30.7 Å². The van der Waals surface area contributed by atoms with Crippen molar-refractivity contribution in [1.29, 1.82) is 0 Å². The highest BCUT2D eigenvalue weighted by molar-refractivity contribution is 9.10. The maximum atomic E-state index is 12.1. The van der Waals surface area contributed by atoms with Crippen LogP contribution >= 0.6 is 15.9 Å². The number of nitrogens with one attached hydrogen (secondary N) is 2. The van der Waals surface area contributed by atoms with Gasteiger partial charge in [0.25, 0.3) is 0 Å². The van der Waals surface area contributed by atoms with E-state index in [1.807, 2.05) is 0 Å². The highest BCUT2D eigenvalue weighted by atomic mass is 79.9. The second kappa shape index (κ2) is 6.17. The predicted molar refractivity (Wildman–Crippen MR) is 79.5 cm³/mol. The van der Waals surface area contributed by atoms with E-state index >= 15 is 0 Å². The fraction of sp³-hybridized carbons (Fsp3) is 0.286. The number of ether oxygens (including phenoxy) is 1. The Bertz CT molecular complexity index is 603. The van der Waals surface area contributed by atoms with Gasteiger partial charge in [-0.2, -0.15) is 0 Å². The van der Waals surface area contributed by atoms with Gasteiger partial charge >= 0.3 is 12.0 Å². The number of phenols is 1. The SMILES string of the molecule is C=C1NC(=O)N[C@H](c2cc(O)ccc2Br)[C@H]1C(=O)OCC. The van der Waals surface area contributed by atoms with Gasteiger partial charge in [-0.1, -0.05) is 22.5 Å². The summed E-state index contributed by atoms with van der Waals surface area (Å²) in [6, 6.07) is 3.50. The second-order valence-corrected chi connectivity index (χ2v) is 5.39. The molecule has 112 valence electrons. The molecule has 0 aliphatic carbocycles. The monoisotopic (exact) mass is 354 g/mol. The van der Waals surface area contributed by atoms with E-state index in [-0.39, 0.29) is 18.1 Å². The highest BCUT2D eigenvalue weighted by Crippen LogP contribution is 2.36. The fourth-order valence-electron chi connectivity index (χ4n) is 2.22. The molecule has 2 rings (SSSR count). The van der Waals surface area contributed by atoms with Gasteiger partial charge in [-0.3, -0.25) is 4.79 Å². The number of aromatic hydroxyl groups is 1. The van der Waals surface area contributed by atoms with Gasteiger partial charge in [0.1, 0.15) is 11.7 Å². The average molecular weight is 355 g/mol. The van der Waals surface area contributed by atoms with Crippen molar-refractivity contribution in [2.45, 2.75) is 13.0 Å². The number of hydrogen-bond acceptors (Lipinski definition) is 4. The molecule has 3 N–H and O–H groups in total. The van der Waals surface area contributed by atoms with Crippen LogP contribution in [0.2, 0.25) is 0 Å². The standard InChI is InChI=1S/C14H15BrN2O4/c1-3-21-13(19)11-7(2)16-14(20)17-12(11)9-6-8(18)4-5-10(9)15/h4-6,11-12,18H,2-3H2,1H3,(H2,16,17,20)/t11-,12+/m0/s1. The van der Waals surface area contributed by atoms with Gasteiger partial charge in [0, 0.05) is 10.2 Å². The molecule has 1 aromatic rings. The maximum absolute atomic E-state index is 12.1. The van der Waals surface area contributed by atoms with E-state index in [1.165, 1.54) is 12.1 Å². The van der Waals surface area contributed by atoms with Crippen LogP contribution in [0, 0.1) is 5.92 Å². The molecule has 0 unspecified atom stereocenters. The lowest BCUT2D eigenvalue weighted by atomic mass is 9.89. The summed E-state index contributed by atoms with van der Waals surface area (Å²) in [4.78, 5) is 23.8. The van der Waals surface area contributed by atoms with Gasteiger partial charge in [-0.25, -0.2) is 4.79 Å². The van der Waals surface area contributed by atoms with Crippen molar-refractivity contribution in [3.05, 3.63) is 40.5 Å². The molecule has 21 heavy (non-hydrogen) atoms. The Morgan fingerprint density at radius 3 is 2.90 bits per heavy atom. The number of rotatable bonds is 3. The topological polar surface area (TPSA) is 87.7 Å². The van der Waals surface area contributed by atoms with Gasteiger partial charge in [0.2, 0.25) is 0 Å². The van der Waals surface area contributed by atoms with E-state index in [2.05, 4.69) is 33.1 Å². The smallest absolute Gasteiger partial charge is 0.319 e. The molecule has 1 heterocycles. The molecule has 1 aliphatic heterocycles. The highest BCUT2D eigenvalue weighted by Gasteiger charge is 2.39. The van der Waals surface area contributed by atoms with Crippen molar-refractivity contribution >= 4 is 27.9 Å².